The van der Waals surface area contributed by atoms with E-state index < -0.39 is 42.4 Å². The van der Waals surface area contributed by atoms with Crippen LogP contribution in [0.2, 0.25) is 0 Å². The van der Waals surface area contributed by atoms with Crippen LogP contribution in [0.4, 0.5) is 28.4 Å². The monoisotopic (exact) mass is 605 g/mol. The van der Waals surface area contributed by atoms with Crippen molar-refractivity contribution in [2.45, 2.75) is 30.2 Å². The minimum atomic E-state index is -4.92. The first-order chi connectivity index (χ1) is 19.2. The summed E-state index contributed by atoms with van der Waals surface area (Å²) in [5.74, 6) is -1.64. The predicted molar refractivity (Wildman–Crippen MR) is 149 cm³/mol. The molecule has 0 bridgehead atoms. The second kappa shape index (κ2) is 12.5. The Bertz CT molecular complexity index is 1750. The fraction of sp³-hybridized carbons (Fsp3) is 0.208. The molecule has 0 heterocycles. The molecule has 3 aromatic carbocycles. The molecule has 0 fully saturated rings. The summed E-state index contributed by atoms with van der Waals surface area (Å²) in [5, 5.41) is 35.2. The summed E-state index contributed by atoms with van der Waals surface area (Å²) in [6.07, 6.45) is 0. The van der Waals surface area contributed by atoms with Gasteiger partial charge in [0.15, 0.2) is 0 Å². The fourth-order valence-electron chi connectivity index (χ4n) is 3.68. The first-order valence-corrected chi connectivity index (χ1v) is 14.7. The lowest BCUT2D eigenvalue weighted by molar-refractivity contribution is 0.0697. The van der Waals surface area contributed by atoms with Crippen LogP contribution in [-0.4, -0.2) is 55.0 Å². The Hall–Kier alpha value is -4.29. The van der Waals surface area contributed by atoms with E-state index >= 15 is 0 Å². The molecule has 0 atom stereocenters. The molecule has 0 spiro atoms. The van der Waals surface area contributed by atoms with Crippen LogP contribution in [-0.2, 0) is 26.7 Å². The van der Waals surface area contributed by atoms with Gasteiger partial charge in [-0.1, -0.05) is 19.9 Å². The van der Waals surface area contributed by atoms with Crippen LogP contribution in [0, 0.1) is 0 Å². The van der Waals surface area contributed by atoms with Crippen molar-refractivity contribution >= 4 is 54.5 Å². The van der Waals surface area contributed by atoms with E-state index in [0.717, 1.165) is 18.2 Å². The predicted octanol–water partition coefficient (Wildman–Crippen LogP) is 4.24. The van der Waals surface area contributed by atoms with Crippen molar-refractivity contribution in [3.05, 3.63) is 59.7 Å². The highest BCUT2D eigenvalue weighted by molar-refractivity contribution is 7.89. The number of carbonyl (C=O) groups is 1. The Morgan fingerprint density at radius 1 is 0.927 bits per heavy atom. The van der Waals surface area contributed by atoms with Crippen molar-refractivity contribution in [1.29, 1.82) is 0 Å². The lowest BCUT2D eigenvalue weighted by Gasteiger charge is -2.18. The molecule has 0 saturated carbocycles. The van der Waals surface area contributed by atoms with Crippen molar-refractivity contribution < 1.29 is 36.4 Å². The van der Waals surface area contributed by atoms with Crippen LogP contribution >= 0.6 is 0 Å². The zero-order valence-corrected chi connectivity index (χ0v) is 23.5. The Labute approximate surface area is 235 Å². The van der Waals surface area contributed by atoms with Crippen LogP contribution in [0.5, 0.6) is 5.75 Å². The van der Waals surface area contributed by atoms with Gasteiger partial charge in [0.1, 0.15) is 22.0 Å². The van der Waals surface area contributed by atoms with Gasteiger partial charge in [0.2, 0.25) is 10.0 Å². The van der Waals surface area contributed by atoms with Gasteiger partial charge in [-0.2, -0.15) is 23.0 Å². The number of aromatic carboxylic acids is 1. The number of hydrogen-bond acceptors (Lipinski definition) is 12. The molecular formula is C24H27N7O8S2. The molecule has 41 heavy (non-hydrogen) atoms. The van der Waals surface area contributed by atoms with Gasteiger partial charge in [0, 0.05) is 25.2 Å². The van der Waals surface area contributed by atoms with E-state index in [9.17, 15) is 36.4 Å². The molecule has 0 aliphatic rings. The normalized spacial score (nSPS) is 12.5. The van der Waals surface area contributed by atoms with Gasteiger partial charge in [-0.3, -0.25) is 4.55 Å². The number of benzene rings is 3. The smallest absolute Gasteiger partial charge is 0.335 e. The second-order valence-corrected chi connectivity index (χ2v) is 11.6. The summed E-state index contributed by atoms with van der Waals surface area (Å²) in [4.78, 5) is 10.3. The van der Waals surface area contributed by atoms with Gasteiger partial charge in [0.05, 0.1) is 27.5 Å². The number of nitrogens with two attached hydrogens (primary N) is 2. The zero-order chi connectivity index (χ0) is 30.5. The second-order valence-electron chi connectivity index (χ2n) is 8.31. The maximum atomic E-state index is 12.9. The van der Waals surface area contributed by atoms with Crippen molar-refractivity contribution in [3.8, 4) is 5.75 Å². The van der Waals surface area contributed by atoms with Crippen LogP contribution in [0.25, 0.3) is 0 Å². The number of azo groups is 2. The minimum absolute atomic E-state index is 0.0307. The summed E-state index contributed by atoms with van der Waals surface area (Å²) in [5.41, 5.74) is 10.6. The summed E-state index contributed by atoms with van der Waals surface area (Å²) >= 11 is 0. The van der Waals surface area contributed by atoms with Crippen molar-refractivity contribution in [1.82, 2.24) is 4.31 Å². The molecule has 3 aromatic rings. The number of sulfonamides is 1. The first-order valence-electron chi connectivity index (χ1n) is 11.9. The molecule has 7 N–H and O–H groups in total. The largest absolute Gasteiger partial charge is 0.506 e. The van der Waals surface area contributed by atoms with Gasteiger partial charge >= 0.3 is 5.97 Å². The molecule has 0 aliphatic heterocycles. The molecule has 3 rings (SSSR count). The van der Waals surface area contributed by atoms with Gasteiger partial charge in [-0.05, 0) is 42.5 Å². The molecule has 15 nitrogen and oxygen atoms in total. The van der Waals surface area contributed by atoms with Gasteiger partial charge < -0.3 is 21.7 Å². The quantitative estimate of drug-likeness (QED) is 0.118. The lowest BCUT2D eigenvalue weighted by Crippen LogP contribution is -2.30. The van der Waals surface area contributed by atoms with E-state index in [4.69, 9.17) is 11.5 Å². The number of carboxylic acid groups (broad SMARTS) is 1. The van der Waals surface area contributed by atoms with Crippen LogP contribution in [0.3, 0.4) is 0 Å². The number of nitrogens with zero attached hydrogens (tertiary/aromatic N) is 5. The summed E-state index contributed by atoms with van der Waals surface area (Å²) < 4.78 is 61.0. The molecule has 0 radical (unpaired) electrons. The van der Waals surface area contributed by atoms with E-state index in [0.29, 0.717) is 0 Å². The van der Waals surface area contributed by atoms with Gasteiger partial charge in [0.25, 0.3) is 10.1 Å². The van der Waals surface area contributed by atoms with Crippen LogP contribution in [0.1, 0.15) is 29.8 Å². The maximum Gasteiger partial charge on any atom is 0.335 e. The van der Waals surface area contributed by atoms with Gasteiger partial charge in [-0.25, -0.2) is 13.2 Å². The molecular weight excluding hydrogens is 578 g/mol. The summed E-state index contributed by atoms with van der Waals surface area (Å²) in [7, 11) is -8.84. The maximum absolute atomic E-state index is 12.9. The molecule has 0 amide bonds. The number of hydrogen-bond donors (Lipinski definition) is 5. The molecule has 0 aliphatic carbocycles. The number of carboxylic acids is 1. The zero-order valence-electron chi connectivity index (χ0n) is 21.8. The Morgan fingerprint density at radius 2 is 1.59 bits per heavy atom. The van der Waals surface area contributed by atoms with E-state index in [1.54, 1.807) is 13.8 Å². The number of anilines is 1. The number of phenols is 1. The minimum Gasteiger partial charge on any atom is -0.506 e. The number of nitrogen functional groups attached to an aromatic ring is 1. The molecule has 0 unspecified atom stereocenters. The lowest BCUT2D eigenvalue weighted by atomic mass is 10.1. The standard InChI is InChI=1S/C24H27N7O8S2/c1-3-31(4-2)40(35,36)16-8-9-20(32)19(11-16)29-30-23-17(13-25)18(12-21(22(23)26)41(37,38)39)28-27-15-7-5-6-14(10-15)24(33)34/h5-12,32H,3-4,13,25-26H2,1-2H3,(H,33,34)(H,37,38,39)/b28-27+,30-29+. The average molecular weight is 606 g/mol. The van der Waals surface area contributed by atoms with E-state index in [2.05, 4.69) is 20.5 Å². The molecule has 17 heteroatoms. The molecule has 0 saturated heterocycles. The Morgan fingerprint density at radius 3 is 2.17 bits per heavy atom. The highest BCUT2D eigenvalue weighted by Gasteiger charge is 2.25. The molecule has 0 aromatic heterocycles. The summed E-state index contributed by atoms with van der Waals surface area (Å²) in [6.45, 7) is 3.41. The first kappa shape index (κ1) is 31.2. The highest BCUT2D eigenvalue weighted by atomic mass is 32.2. The molecule has 218 valence electrons. The third kappa shape index (κ3) is 6.90. The summed E-state index contributed by atoms with van der Waals surface area (Å²) in [6, 6.07) is 9.71. The fourth-order valence-corrected chi connectivity index (χ4v) is 5.79. The van der Waals surface area contributed by atoms with Gasteiger partial charge in [-0.15, -0.1) is 10.2 Å². The van der Waals surface area contributed by atoms with Crippen molar-refractivity contribution in [3.63, 3.8) is 0 Å². The number of rotatable bonds is 11. The van der Waals surface area contributed by atoms with Crippen LogP contribution < -0.4 is 11.5 Å². The number of phenolic OH excluding ortho intramolecular Hbond substituents is 1. The van der Waals surface area contributed by atoms with E-state index in [1.165, 1.54) is 34.6 Å². The SMILES string of the molecule is CCN(CC)S(=O)(=O)c1ccc(O)c(/N=N/c2c(N)c(S(=O)(=O)O)cc(/N=N/c3cccc(C(=O)O)c3)c2CN)c1. The third-order valence-electron chi connectivity index (χ3n) is 5.78. The van der Waals surface area contributed by atoms with E-state index in [1.807, 2.05) is 0 Å². The topological polar surface area (TPSA) is 251 Å². The Balaban J connectivity index is 2.19. The Kier molecular flexibility index (Phi) is 9.51. The third-order valence-corrected chi connectivity index (χ3v) is 8.72. The highest BCUT2D eigenvalue weighted by Crippen LogP contribution is 2.41. The van der Waals surface area contributed by atoms with E-state index in [-0.39, 0.29) is 58.4 Å². The van der Waals surface area contributed by atoms with Crippen molar-refractivity contribution in [2.75, 3.05) is 18.8 Å². The van der Waals surface area contributed by atoms with Crippen LogP contribution in [0.15, 0.2) is 78.8 Å². The number of aromatic hydroxyl groups is 1. The van der Waals surface area contributed by atoms with Crippen molar-refractivity contribution in [2.24, 2.45) is 26.2 Å². The average Bonchev–Trinajstić information content (AvgIpc) is 2.91.